The predicted molar refractivity (Wildman–Crippen MR) is 85.3 cm³/mol. The highest BCUT2D eigenvalue weighted by atomic mass is 79.9. The first-order chi connectivity index (χ1) is 9.65. The maximum Gasteiger partial charge on any atom is 0.119 e. The van der Waals surface area contributed by atoms with Gasteiger partial charge >= 0.3 is 0 Å². The van der Waals surface area contributed by atoms with Gasteiger partial charge in [-0.2, -0.15) is 0 Å². The van der Waals surface area contributed by atoms with E-state index in [1.54, 1.807) is 0 Å². The van der Waals surface area contributed by atoms with Crippen LogP contribution < -0.4 is 21.7 Å². The summed E-state index contributed by atoms with van der Waals surface area (Å²) in [6.07, 6.45) is 0. The van der Waals surface area contributed by atoms with Crippen LogP contribution in [0.25, 0.3) is 0 Å². The van der Waals surface area contributed by atoms with Gasteiger partial charge in [0.05, 0.1) is 12.6 Å². The summed E-state index contributed by atoms with van der Waals surface area (Å²) in [5.74, 6) is 6.54. The van der Waals surface area contributed by atoms with Crippen LogP contribution in [0.2, 0.25) is 0 Å². The lowest BCUT2D eigenvalue weighted by molar-refractivity contribution is 0.339. The molecule has 2 rings (SSSR count). The van der Waals surface area contributed by atoms with Crippen molar-refractivity contribution in [3.63, 3.8) is 0 Å². The van der Waals surface area contributed by atoms with Gasteiger partial charge in [-0.15, -0.1) is 0 Å². The Kier molecular flexibility index (Phi) is 5.00. The quantitative estimate of drug-likeness (QED) is 0.446. The van der Waals surface area contributed by atoms with Crippen LogP contribution in [-0.4, -0.2) is 6.61 Å². The van der Waals surface area contributed by atoms with Crippen molar-refractivity contribution in [1.82, 2.24) is 5.43 Å². The number of rotatable bonds is 5. The molecule has 0 aliphatic carbocycles. The number of nitrogen functional groups attached to an aromatic ring is 1. The first-order valence-electron chi connectivity index (χ1n) is 6.39. The van der Waals surface area contributed by atoms with Crippen LogP contribution in [0.3, 0.4) is 0 Å². The van der Waals surface area contributed by atoms with E-state index in [0.717, 1.165) is 21.3 Å². The standard InChI is InChI=1S/C15H18BrN3O/c1-2-20-12-5-3-4-10(8-12)15(19-18)13-9-11(16)6-7-14(13)17/h3-9,15,19H,2,17-18H2,1H3. The summed E-state index contributed by atoms with van der Waals surface area (Å²) in [6, 6.07) is 13.4. The van der Waals surface area contributed by atoms with Crippen LogP contribution in [0.5, 0.6) is 5.75 Å². The molecule has 5 N–H and O–H groups in total. The second-order valence-corrected chi connectivity index (χ2v) is 5.29. The highest BCUT2D eigenvalue weighted by Gasteiger charge is 2.16. The molecule has 106 valence electrons. The number of anilines is 1. The third-order valence-electron chi connectivity index (χ3n) is 3.03. The maximum atomic E-state index is 6.05. The van der Waals surface area contributed by atoms with Crippen LogP contribution in [0, 0.1) is 0 Å². The minimum absolute atomic E-state index is 0.187. The van der Waals surface area contributed by atoms with Crippen molar-refractivity contribution < 1.29 is 4.74 Å². The topological polar surface area (TPSA) is 73.3 Å². The summed E-state index contributed by atoms with van der Waals surface area (Å²) < 4.78 is 6.48. The van der Waals surface area contributed by atoms with E-state index in [-0.39, 0.29) is 6.04 Å². The smallest absolute Gasteiger partial charge is 0.119 e. The molecule has 20 heavy (non-hydrogen) atoms. The van der Waals surface area contributed by atoms with Gasteiger partial charge in [-0.3, -0.25) is 5.84 Å². The van der Waals surface area contributed by atoms with E-state index in [2.05, 4.69) is 21.4 Å². The molecule has 0 aromatic heterocycles. The summed E-state index contributed by atoms with van der Waals surface area (Å²) in [5, 5.41) is 0. The zero-order valence-electron chi connectivity index (χ0n) is 11.3. The van der Waals surface area contributed by atoms with E-state index < -0.39 is 0 Å². The highest BCUT2D eigenvalue weighted by Crippen LogP contribution is 2.30. The molecule has 2 aromatic rings. The molecule has 2 aromatic carbocycles. The van der Waals surface area contributed by atoms with Gasteiger partial charge in [0.2, 0.25) is 0 Å². The van der Waals surface area contributed by atoms with Gasteiger partial charge in [0.25, 0.3) is 0 Å². The summed E-state index contributed by atoms with van der Waals surface area (Å²) >= 11 is 3.46. The molecule has 0 aliphatic heterocycles. The van der Waals surface area contributed by atoms with Crippen molar-refractivity contribution in [2.24, 2.45) is 5.84 Å². The molecule has 0 aliphatic rings. The fourth-order valence-corrected chi connectivity index (χ4v) is 2.49. The van der Waals surface area contributed by atoms with Crippen LogP contribution in [0.4, 0.5) is 5.69 Å². The number of hydrogen-bond acceptors (Lipinski definition) is 4. The van der Waals surface area contributed by atoms with Gasteiger partial charge in [0.1, 0.15) is 5.75 Å². The Balaban J connectivity index is 2.41. The average Bonchev–Trinajstić information content (AvgIpc) is 2.44. The number of benzene rings is 2. The summed E-state index contributed by atoms with van der Waals surface area (Å²) in [5.41, 5.74) is 11.5. The second-order valence-electron chi connectivity index (χ2n) is 4.38. The molecule has 0 spiro atoms. The Labute approximate surface area is 127 Å². The predicted octanol–water partition coefficient (Wildman–Crippen LogP) is 2.98. The van der Waals surface area contributed by atoms with Crippen LogP contribution in [0.1, 0.15) is 24.1 Å². The number of ether oxygens (including phenoxy) is 1. The summed E-state index contributed by atoms with van der Waals surface area (Å²) in [7, 11) is 0. The minimum Gasteiger partial charge on any atom is -0.494 e. The third-order valence-corrected chi connectivity index (χ3v) is 3.52. The van der Waals surface area contributed by atoms with Gasteiger partial charge in [0.15, 0.2) is 0 Å². The van der Waals surface area contributed by atoms with Gasteiger partial charge < -0.3 is 10.5 Å². The van der Waals surface area contributed by atoms with E-state index in [4.69, 9.17) is 16.3 Å². The molecule has 4 nitrogen and oxygen atoms in total. The molecule has 0 bridgehead atoms. The molecule has 0 saturated heterocycles. The monoisotopic (exact) mass is 335 g/mol. The number of halogens is 1. The molecule has 1 atom stereocenters. The van der Waals surface area contributed by atoms with Crippen molar-refractivity contribution in [3.8, 4) is 5.75 Å². The van der Waals surface area contributed by atoms with E-state index in [1.165, 1.54) is 0 Å². The third kappa shape index (κ3) is 3.30. The first kappa shape index (κ1) is 14.8. The molecular weight excluding hydrogens is 318 g/mol. The van der Waals surface area contributed by atoms with Gasteiger partial charge in [-0.25, -0.2) is 5.43 Å². The molecule has 1 unspecified atom stereocenters. The Morgan fingerprint density at radius 2 is 2.05 bits per heavy atom. The Hall–Kier alpha value is -1.56. The van der Waals surface area contributed by atoms with E-state index in [1.807, 2.05) is 49.4 Å². The van der Waals surface area contributed by atoms with Gasteiger partial charge in [-0.1, -0.05) is 28.1 Å². The van der Waals surface area contributed by atoms with Gasteiger partial charge in [0, 0.05) is 10.2 Å². The lowest BCUT2D eigenvalue weighted by Gasteiger charge is -2.19. The van der Waals surface area contributed by atoms with Crippen molar-refractivity contribution in [2.75, 3.05) is 12.3 Å². The van der Waals surface area contributed by atoms with Crippen LogP contribution >= 0.6 is 15.9 Å². The highest BCUT2D eigenvalue weighted by molar-refractivity contribution is 9.10. The molecule has 0 amide bonds. The summed E-state index contributed by atoms with van der Waals surface area (Å²) in [6.45, 7) is 2.58. The van der Waals surface area contributed by atoms with Crippen molar-refractivity contribution >= 4 is 21.6 Å². The normalized spacial score (nSPS) is 12.2. The zero-order chi connectivity index (χ0) is 14.5. The lowest BCUT2D eigenvalue weighted by atomic mass is 9.97. The molecule has 0 saturated carbocycles. The Morgan fingerprint density at radius 1 is 1.25 bits per heavy atom. The average molecular weight is 336 g/mol. The Bertz CT molecular complexity index is 589. The van der Waals surface area contributed by atoms with Gasteiger partial charge in [-0.05, 0) is 48.4 Å². The van der Waals surface area contributed by atoms with E-state index >= 15 is 0 Å². The largest absolute Gasteiger partial charge is 0.494 e. The number of nitrogens with two attached hydrogens (primary N) is 2. The van der Waals surface area contributed by atoms with Crippen molar-refractivity contribution in [2.45, 2.75) is 13.0 Å². The SMILES string of the molecule is CCOc1cccc(C(NN)c2cc(Br)ccc2N)c1. The second kappa shape index (κ2) is 6.74. The van der Waals surface area contributed by atoms with E-state index in [9.17, 15) is 0 Å². The zero-order valence-corrected chi connectivity index (χ0v) is 12.9. The fourth-order valence-electron chi connectivity index (χ4n) is 2.11. The minimum atomic E-state index is -0.187. The van der Waals surface area contributed by atoms with Crippen LogP contribution in [0.15, 0.2) is 46.9 Å². The number of hydrazine groups is 1. The lowest BCUT2D eigenvalue weighted by Crippen LogP contribution is -2.29. The Morgan fingerprint density at radius 3 is 2.75 bits per heavy atom. The summed E-state index contributed by atoms with van der Waals surface area (Å²) in [4.78, 5) is 0. The molecule has 0 fully saturated rings. The molecule has 0 heterocycles. The number of hydrogen-bond donors (Lipinski definition) is 3. The van der Waals surface area contributed by atoms with Crippen molar-refractivity contribution in [1.29, 1.82) is 0 Å². The molecular formula is C15H18BrN3O. The van der Waals surface area contributed by atoms with E-state index in [0.29, 0.717) is 12.3 Å². The maximum absolute atomic E-state index is 6.05. The first-order valence-corrected chi connectivity index (χ1v) is 7.18. The van der Waals surface area contributed by atoms with Crippen molar-refractivity contribution in [3.05, 3.63) is 58.1 Å². The van der Waals surface area contributed by atoms with Crippen LogP contribution in [-0.2, 0) is 0 Å². The fraction of sp³-hybridized carbons (Fsp3) is 0.200. The number of nitrogens with one attached hydrogen (secondary N) is 1. The molecule has 5 heteroatoms. The molecule has 0 radical (unpaired) electrons.